The van der Waals surface area contributed by atoms with Gasteiger partial charge in [-0.15, -0.1) is 0 Å². The van der Waals surface area contributed by atoms with Crippen molar-refractivity contribution in [1.29, 1.82) is 0 Å². The molecule has 2 aliphatic heterocycles. The van der Waals surface area contributed by atoms with Crippen LogP contribution in [0.1, 0.15) is 30.4 Å². The van der Waals surface area contributed by atoms with Crippen molar-refractivity contribution in [2.45, 2.75) is 26.2 Å². The van der Waals surface area contributed by atoms with Crippen LogP contribution in [0.25, 0.3) is 4.91 Å². The average Bonchev–Trinajstić information content (AvgIpc) is 2.97. The first-order valence-corrected chi connectivity index (χ1v) is 8.62. The molecule has 0 aromatic carbocycles. The van der Waals surface area contributed by atoms with Crippen LogP contribution in [-0.4, -0.2) is 42.1 Å². The average molecular weight is 355 g/mol. The van der Waals surface area contributed by atoms with Crippen molar-refractivity contribution < 1.29 is 18.1 Å². The largest absolute Gasteiger partial charge is 0.354 e. The van der Waals surface area contributed by atoms with Crippen LogP contribution < -0.4 is 5.32 Å². The zero-order chi connectivity index (χ0) is 17.3. The first kappa shape index (κ1) is 17.2. The molecule has 0 radical (unpaired) electrons. The quantitative estimate of drug-likeness (QED) is 0.903. The molecule has 0 spiro atoms. The number of hydrogen-bond donors (Lipinski definition) is 1. The highest BCUT2D eigenvalue weighted by Gasteiger charge is 2.34. The van der Waals surface area contributed by atoms with E-state index in [4.69, 9.17) is 4.52 Å². The van der Waals surface area contributed by atoms with Crippen LogP contribution in [0.15, 0.2) is 21.6 Å². The summed E-state index contributed by atoms with van der Waals surface area (Å²) in [7, 11) is 0. The Morgan fingerprint density at radius 2 is 2.08 bits per heavy atom. The molecule has 8 heteroatoms. The number of carbonyl (C=O) groups is 1. The molecule has 24 heavy (non-hydrogen) atoms. The lowest BCUT2D eigenvalue weighted by atomic mass is 10.1. The minimum Gasteiger partial charge on any atom is -0.354 e. The molecular formula is C16H19F2N3O2S. The molecule has 1 N–H and O–H groups in total. The molecule has 130 valence electrons. The number of halogens is 2. The predicted octanol–water partition coefficient (Wildman–Crippen LogP) is 2.89. The number of amides is 1. The van der Waals surface area contributed by atoms with E-state index in [0.717, 1.165) is 20.0 Å². The van der Waals surface area contributed by atoms with E-state index in [0.29, 0.717) is 40.6 Å². The normalized spacial score (nSPS) is 19.1. The van der Waals surface area contributed by atoms with Crippen molar-refractivity contribution in [3.63, 3.8) is 0 Å². The fourth-order valence-corrected chi connectivity index (χ4v) is 3.85. The van der Waals surface area contributed by atoms with Crippen molar-refractivity contribution in [2.75, 3.05) is 26.2 Å². The van der Waals surface area contributed by atoms with E-state index >= 15 is 0 Å². The van der Waals surface area contributed by atoms with Gasteiger partial charge >= 0.3 is 5.92 Å². The number of piperazine rings is 1. The molecule has 3 heterocycles. The zero-order valence-electron chi connectivity index (χ0n) is 13.6. The number of thioether (sulfide) groups is 1. The Morgan fingerprint density at radius 3 is 2.71 bits per heavy atom. The monoisotopic (exact) mass is 355 g/mol. The van der Waals surface area contributed by atoms with E-state index in [2.05, 4.69) is 10.5 Å². The molecule has 1 amide bonds. The first-order valence-electron chi connectivity index (χ1n) is 7.81. The van der Waals surface area contributed by atoms with Gasteiger partial charge in [-0.25, -0.2) is 0 Å². The smallest absolute Gasteiger partial charge is 0.304 e. The second kappa shape index (κ2) is 6.68. The Morgan fingerprint density at radius 1 is 1.38 bits per heavy atom. The molecule has 1 aromatic heterocycles. The van der Waals surface area contributed by atoms with Crippen LogP contribution in [-0.2, 0) is 10.7 Å². The van der Waals surface area contributed by atoms with Crippen LogP contribution in [0.3, 0.4) is 0 Å². The molecular weight excluding hydrogens is 336 g/mol. The number of nitrogens with one attached hydrogen (secondary N) is 1. The lowest BCUT2D eigenvalue weighted by Gasteiger charge is -2.28. The number of aromatic nitrogens is 1. The molecule has 0 atom stereocenters. The van der Waals surface area contributed by atoms with Crippen molar-refractivity contribution >= 4 is 22.6 Å². The lowest BCUT2D eigenvalue weighted by molar-refractivity contribution is -0.126. The van der Waals surface area contributed by atoms with Gasteiger partial charge in [0.25, 0.3) is 5.91 Å². The summed E-state index contributed by atoms with van der Waals surface area (Å²) < 4.78 is 31.9. The molecule has 0 saturated carbocycles. The topological polar surface area (TPSA) is 58.4 Å². The number of rotatable bonds is 3. The molecule has 0 bridgehead atoms. The van der Waals surface area contributed by atoms with Gasteiger partial charge in [0.15, 0.2) is 0 Å². The van der Waals surface area contributed by atoms with Gasteiger partial charge in [0.2, 0.25) is 5.76 Å². The Balaban J connectivity index is 1.76. The minimum atomic E-state index is -3.08. The van der Waals surface area contributed by atoms with E-state index in [9.17, 15) is 13.6 Å². The zero-order valence-corrected chi connectivity index (χ0v) is 14.4. The summed E-state index contributed by atoms with van der Waals surface area (Å²) in [5, 5.41) is 7.01. The maximum absolute atomic E-state index is 13.5. The third kappa shape index (κ3) is 3.39. The van der Waals surface area contributed by atoms with Gasteiger partial charge in [-0.3, -0.25) is 4.79 Å². The summed E-state index contributed by atoms with van der Waals surface area (Å²) in [6.45, 7) is 5.26. The van der Waals surface area contributed by atoms with Crippen LogP contribution in [0.5, 0.6) is 0 Å². The Hall–Kier alpha value is -1.67. The number of hydrogen-bond acceptors (Lipinski definition) is 5. The molecule has 5 nitrogen and oxygen atoms in total. The van der Waals surface area contributed by atoms with E-state index in [-0.39, 0.29) is 5.91 Å². The fourth-order valence-electron chi connectivity index (χ4n) is 2.75. The van der Waals surface area contributed by atoms with Crippen molar-refractivity contribution in [3.05, 3.63) is 34.1 Å². The maximum Gasteiger partial charge on any atom is 0.304 e. The number of carbonyl (C=O) groups excluding carboxylic acids is 1. The van der Waals surface area contributed by atoms with Crippen LogP contribution >= 0.6 is 11.8 Å². The van der Waals surface area contributed by atoms with Gasteiger partial charge in [-0.1, -0.05) is 29.1 Å². The van der Waals surface area contributed by atoms with Gasteiger partial charge in [0.1, 0.15) is 5.69 Å². The van der Waals surface area contributed by atoms with Crippen LogP contribution in [0.2, 0.25) is 0 Å². The number of allylic oxidation sites excluding steroid dienone is 2. The fraction of sp³-hybridized carbons (Fsp3) is 0.500. The molecule has 0 unspecified atom stereocenters. The Labute approximate surface area is 143 Å². The van der Waals surface area contributed by atoms with Crippen LogP contribution in [0.4, 0.5) is 8.78 Å². The third-order valence-electron chi connectivity index (χ3n) is 4.00. The molecule has 1 fully saturated rings. The molecule has 1 aromatic rings. The maximum atomic E-state index is 13.5. The first-order chi connectivity index (χ1) is 11.4. The second-order valence-corrected chi connectivity index (χ2v) is 6.97. The second-order valence-electron chi connectivity index (χ2n) is 5.89. The van der Waals surface area contributed by atoms with Gasteiger partial charge in [-0.05, 0) is 13.3 Å². The summed E-state index contributed by atoms with van der Waals surface area (Å²) in [6.07, 6.45) is 4.31. The predicted molar refractivity (Wildman–Crippen MR) is 88.5 cm³/mol. The molecule has 2 aliphatic rings. The van der Waals surface area contributed by atoms with Gasteiger partial charge in [-0.2, -0.15) is 8.78 Å². The highest BCUT2D eigenvalue weighted by atomic mass is 32.2. The van der Waals surface area contributed by atoms with Crippen molar-refractivity contribution in [2.24, 2.45) is 0 Å². The molecule has 1 saturated heterocycles. The SMILES string of the molecule is Cc1c(C2=CCC=C(C(=O)N3CCNCC3)S2)noc1C(C)(F)F. The van der Waals surface area contributed by atoms with E-state index in [1.165, 1.54) is 11.8 Å². The summed E-state index contributed by atoms with van der Waals surface area (Å²) in [4.78, 5) is 15.7. The van der Waals surface area contributed by atoms with Crippen LogP contribution in [0, 0.1) is 6.92 Å². The molecule has 0 aliphatic carbocycles. The van der Waals surface area contributed by atoms with Crippen molar-refractivity contribution in [1.82, 2.24) is 15.4 Å². The van der Waals surface area contributed by atoms with Gasteiger partial charge in [0.05, 0.1) is 4.91 Å². The van der Waals surface area contributed by atoms with E-state index in [1.807, 2.05) is 12.2 Å². The van der Waals surface area contributed by atoms with Gasteiger partial charge < -0.3 is 14.7 Å². The lowest BCUT2D eigenvalue weighted by Crippen LogP contribution is -2.46. The van der Waals surface area contributed by atoms with E-state index in [1.54, 1.807) is 11.8 Å². The third-order valence-corrected chi connectivity index (χ3v) is 5.14. The summed E-state index contributed by atoms with van der Waals surface area (Å²) in [6, 6.07) is 0. The highest BCUT2D eigenvalue weighted by Crippen LogP contribution is 2.41. The number of nitrogens with zero attached hydrogens (tertiary/aromatic N) is 2. The number of alkyl halides is 2. The highest BCUT2D eigenvalue weighted by molar-refractivity contribution is 8.12. The Kier molecular flexibility index (Phi) is 4.78. The minimum absolute atomic E-state index is 0.0192. The Bertz CT molecular complexity index is 701. The molecule has 3 rings (SSSR count). The summed E-state index contributed by atoms with van der Waals surface area (Å²) >= 11 is 1.27. The van der Waals surface area contributed by atoms with Gasteiger partial charge in [0, 0.05) is 43.6 Å². The summed E-state index contributed by atoms with van der Waals surface area (Å²) in [5.74, 6) is -3.53. The van der Waals surface area contributed by atoms with E-state index < -0.39 is 11.7 Å². The standard InChI is InChI=1S/C16H19F2N3O2S/c1-10-13(20-23-14(10)16(2,17)18)11-4-3-5-12(24-11)15(22)21-8-6-19-7-9-21/h4-5,19H,3,6-9H2,1-2H3. The van der Waals surface area contributed by atoms with Crippen molar-refractivity contribution in [3.8, 4) is 0 Å². The summed E-state index contributed by atoms with van der Waals surface area (Å²) in [5.41, 5.74) is 0.701.